The monoisotopic (exact) mass is 251 g/mol. The molecule has 2 saturated heterocycles. The van der Waals surface area contributed by atoms with E-state index in [2.05, 4.69) is 13.8 Å². The Labute approximate surface area is 106 Å². The highest BCUT2D eigenvalue weighted by molar-refractivity contribution is 6.05. The van der Waals surface area contributed by atoms with Gasteiger partial charge in [0.25, 0.3) is 11.8 Å². The van der Waals surface area contributed by atoms with Crippen LogP contribution in [-0.2, 0) is 19.2 Å². The second-order valence-corrected chi connectivity index (χ2v) is 5.49. The van der Waals surface area contributed by atoms with Crippen LogP contribution >= 0.6 is 0 Å². The number of carbonyl (C=O) groups excluding carboxylic acids is 2. The maximum Gasteiger partial charge on any atom is 0.260 e. The van der Waals surface area contributed by atoms with Gasteiger partial charge in [0.1, 0.15) is 0 Å². The molecule has 0 spiro atoms. The number of fused-ring (bicyclic) bond motifs is 5. The molecule has 0 unspecified atom stereocenters. The zero-order valence-corrected chi connectivity index (χ0v) is 10.5. The molecule has 2 amide bonds. The van der Waals surface area contributed by atoms with Crippen molar-refractivity contribution in [3.05, 3.63) is 12.2 Å². The van der Waals surface area contributed by atoms with Gasteiger partial charge in [-0.15, -0.1) is 0 Å². The molecule has 0 aromatic heterocycles. The molecule has 2 bridgehead atoms. The summed E-state index contributed by atoms with van der Waals surface area (Å²) in [6.45, 7) is 4.55. The molecule has 0 N–H and O–H groups in total. The van der Waals surface area contributed by atoms with E-state index in [1.165, 1.54) is 0 Å². The number of amides is 2. The van der Waals surface area contributed by atoms with Crippen LogP contribution in [0.2, 0.25) is 0 Å². The van der Waals surface area contributed by atoms with Gasteiger partial charge >= 0.3 is 0 Å². The lowest BCUT2D eigenvalue weighted by atomic mass is 9.85. The lowest BCUT2D eigenvalue weighted by Gasteiger charge is -2.17. The van der Waals surface area contributed by atoms with Crippen LogP contribution in [0.25, 0.3) is 0 Å². The second kappa shape index (κ2) is 4.17. The summed E-state index contributed by atoms with van der Waals surface area (Å²) < 4.78 is 5.54. The summed E-state index contributed by atoms with van der Waals surface area (Å²) in [7, 11) is 0. The Balaban J connectivity index is 1.68. The smallest absolute Gasteiger partial charge is 0.260 e. The lowest BCUT2D eigenvalue weighted by Crippen LogP contribution is -2.35. The molecule has 18 heavy (non-hydrogen) atoms. The first-order valence-electron chi connectivity index (χ1n) is 6.44. The number of hydrogen-bond acceptors (Lipinski definition) is 4. The van der Waals surface area contributed by atoms with Gasteiger partial charge in [0.2, 0.25) is 0 Å². The summed E-state index contributed by atoms with van der Waals surface area (Å²) in [5.41, 5.74) is 0. The molecule has 2 fully saturated rings. The van der Waals surface area contributed by atoms with Gasteiger partial charge in [-0.25, -0.2) is 0 Å². The minimum absolute atomic E-state index is 0.241. The van der Waals surface area contributed by atoms with Crippen molar-refractivity contribution in [2.24, 2.45) is 17.8 Å². The zero-order chi connectivity index (χ0) is 12.9. The molecule has 0 radical (unpaired) electrons. The lowest BCUT2D eigenvalue weighted by molar-refractivity contribution is -0.192. The summed E-state index contributed by atoms with van der Waals surface area (Å²) in [5.74, 6) is -0.743. The first-order chi connectivity index (χ1) is 8.59. The van der Waals surface area contributed by atoms with Gasteiger partial charge in [0.15, 0.2) is 0 Å². The highest BCUT2D eigenvalue weighted by Crippen LogP contribution is 2.45. The van der Waals surface area contributed by atoms with Crippen LogP contribution in [-0.4, -0.2) is 35.7 Å². The van der Waals surface area contributed by atoms with Crippen molar-refractivity contribution >= 4 is 11.8 Å². The molecule has 3 aliphatic rings. The second-order valence-electron chi connectivity index (χ2n) is 5.49. The Kier molecular flexibility index (Phi) is 2.75. The van der Waals surface area contributed by atoms with Crippen LogP contribution in [0.1, 0.15) is 20.3 Å². The van der Waals surface area contributed by atoms with Crippen molar-refractivity contribution < 1.29 is 19.2 Å². The molecule has 0 saturated carbocycles. The van der Waals surface area contributed by atoms with E-state index < -0.39 is 0 Å². The summed E-state index contributed by atoms with van der Waals surface area (Å²) in [5, 5.41) is 0.966. The Morgan fingerprint density at radius 3 is 2.28 bits per heavy atom. The van der Waals surface area contributed by atoms with Gasteiger partial charge in [-0.05, 0) is 12.3 Å². The van der Waals surface area contributed by atoms with Gasteiger partial charge in [0.05, 0.1) is 30.7 Å². The van der Waals surface area contributed by atoms with Crippen molar-refractivity contribution in [1.29, 1.82) is 0 Å². The van der Waals surface area contributed by atoms with Gasteiger partial charge < -0.3 is 4.74 Å². The Hall–Kier alpha value is -1.20. The third-order valence-electron chi connectivity index (χ3n) is 3.79. The number of ether oxygens (including phenoxy) is 1. The number of imide groups is 1. The average molecular weight is 251 g/mol. The van der Waals surface area contributed by atoms with Crippen LogP contribution in [0.4, 0.5) is 0 Å². The molecule has 3 aliphatic heterocycles. The molecule has 0 aromatic carbocycles. The van der Waals surface area contributed by atoms with Gasteiger partial charge in [0, 0.05) is 0 Å². The molecular formula is C13H17NO4. The van der Waals surface area contributed by atoms with E-state index in [-0.39, 0.29) is 35.9 Å². The van der Waals surface area contributed by atoms with Crippen LogP contribution in [0, 0.1) is 17.8 Å². The van der Waals surface area contributed by atoms with Gasteiger partial charge in [-0.2, -0.15) is 5.06 Å². The molecule has 98 valence electrons. The maximum absolute atomic E-state index is 12.1. The van der Waals surface area contributed by atoms with E-state index in [0.717, 1.165) is 11.5 Å². The van der Waals surface area contributed by atoms with Gasteiger partial charge in [-0.3, -0.25) is 14.4 Å². The van der Waals surface area contributed by atoms with E-state index >= 15 is 0 Å². The predicted molar refractivity (Wildman–Crippen MR) is 62.0 cm³/mol. The number of hydroxylamine groups is 2. The van der Waals surface area contributed by atoms with Crippen LogP contribution < -0.4 is 0 Å². The normalized spacial score (nSPS) is 37.2. The van der Waals surface area contributed by atoms with E-state index in [0.29, 0.717) is 12.5 Å². The topological polar surface area (TPSA) is 55.8 Å². The Morgan fingerprint density at radius 1 is 1.22 bits per heavy atom. The summed E-state index contributed by atoms with van der Waals surface area (Å²) in [6.07, 6.45) is 4.09. The maximum atomic E-state index is 12.1. The molecule has 3 heterocycles. The van der Waals surface area contributed by atoms with Crippen molar-refractivity contribution in [2.45, 2.75) is 32.5 Å². The number of carbonyl (C=O) groups is 2. The first kappa shape index (κ1) is 11.9. The van der Waals surface area contributed by atoms with Crippen LogP contribution in [0.15, 0.2) is 12.2 Å². The first-order valence-corrected chi connectivity index (χ1v) is 6.44. The fourth-order valence-corrected chi connectivity index (χ4v) is 2.78. The van der Waals surface area contributed by atoms with E-state index in [4.69, 9.17) is 9.57 Å². The van der Waals surface area contributed by atoms with E-state index in [1.807, 2.05) is 12.2 Å². The van der Waals surface area contributed by atoms with Crippen LogP contribution in [0.5, 0.6) is 0 Å². The Morgan fingerprint density at radius 2 is 1.78 bits per heavy atom. The highest BCUT2D eigenvalue weighted by atomic mass is 16.7. The summed E-state index contributed by atoms with van der Waals surface area (Å²) in [6, 6.07) is 0. The molecule has 0 aliphatic carbocycles. The molecule has 5 nitrogen and oxygen atoms in total. The number of nitrogens with zero attached hydrogens (tertiary/aromatic N) is 1. The summed E-state index contributed by atoms with van der Waals surface area (Å²) in [4.78, 5) is 29.6. The van der Waals surface area contributed by atoms with E-state index in [1.54, 1.807) is 0 Å². The largest absolute Gasteiger partial charge is 0.365 e. The summed E-state index contributed by atoms with van der Waals surface area (Å²) >= 11 is 0. The highest BCUT2D eigenvalue weighted by Gasteiger charge is 2.61. The van der Waals surface area contributed by atoms with Crippen molar-refractivity contribution in [3.63, 3.8) is 0 Å². The minimum Gasteiger partial charge on any atom is -0.365 e. The van der Waals surface area contributed by atoms with Gasteiger partial charge in [-0.1, -0.05) is 26.0 Å². The third-order valence-corrected chi connectivity index (χ3v) is 3.79. The molecule has 5 heteroatoms. The number of rotatable bonds is 4. The zero-order valence-electron chi connectivity index (χ0n) is 10.5. The predicted octanol–water partition coefficient (Wildman–Crippen LogP) is 0.902. The standard InChI is InChI=1S/C13H17NO4/c1-7(2)5-6-17-14-12(15)10-8-3-4-9(18-8)11(10)13(14)16/h3-4,7-11H,5-6H2,1-2H3/t8-,9-,10-,11+/m1/s1. The van der Waals surface area contributed by atoms with Crippen molar-refractivity contribution in [3.8, 4) is 0 Å². The minimum atomic E-state index is -0.369. The fourth-order valence-electron chi connectivity index (χ4n) is 2.78. The molecule has 0 aromatic rings. The van der Waals surface area contributed by atoms with Crippen molar-refractivity contribution in [2.75, 3.05) is 6.61 Å². The SMILES string of the molecule is CC(C)CCON1C(=O)[C@@H]2[C@H](C1=O)[C@H]1C=C[C@H]2O1. The van der Waals surface area contributed by atoms with Crippen molar-refractivity contribution in [1.82, 2.24) is 5.06 Å². The van der Waals surface area contributed by atoms with E-state index in [9.17, 15) is 9.59 Å². The molecular weight excluding hydrogens is 234 g/mol. The fraction of sp³-hybridized carbons (Fsp3) is 0.692. The number of hydrogen-bond donors (Lipinski definition) is 0. The molecule has 4 atom stereocenters. The molecule has 3 rings (SSSR count). The Bertz CT molecular complexity index is 387. The quantitative estimate of drug-likeness (QED) is 0.550. The average Bonchev–Trinajstić information content (AvgIpc) is 2.97. The van der Waals surface area contributed by atoms with Crippen LogP contribution in [0.3, 0.4) is 0 Å². The third kappa shape index (κ3) is 1.61.